The molecule has 1 aliphatic carbocycles. The van der Waals surface area contributed by atoms with Gasteiger partial charge in [-0.05, 0) is 30.4 Å². The Balaban J connectivity index is 2.11. The molecule has 1 aliphatic rings. The molecule has 1 heterocycles. The third kappa shape index (κ3) is 2.52. The van der Waals surface area contributed by atoms with Crippen molar-refractivity contribution in [2.24, 2.45) is 11.8 Å². The van der Waals surface area contributed by atoms with Gasteiger partial charge in [0, 0.05) is 12.1 Å². The highest BCUT2D eigenvalue weighted by molar-refractivity contribution is 6.16. The van der Waals surface area contributed by atoms with Gasteiger partial charge in [0.25, 0.3) is 0 Å². The lowest BCUT2D eigenvalue weighted by atomic mass is 9.78. The zero-order chi connectivity index (χ0) is 15.0. The second-order valence-electron chi connectivity index (χ2n) is 6.22. The van der Waals surface area contributed by atoms with E-state index in [1.54, 1.807) is 7.11 Å². The summed E-state index contributed by atoms with van der Waals surface area (Å²) in [6, 6.07) is 6.62. The molecular weight excluding hydrogens is 284 g/mol. The first-order valence-electron chi connectivity index (χ1n) is 7.76. The summed E-state index contributed by atoms with van der Waals surface area (Å²) in [4.78, 5) is 4.73. The van der Waals surface area contributed by atoms with Crippen molar-refractivity contribution in [2.75, 3.05) is 7.11 Å². The number of halogens is 1. The van der Waals surface area contributed by atoms with Crippen molar-refractivity contribution in [1.82, 2.24) is 9.55 Å². The SMILES string of the molecule is COc1ccc2c(c1)nc(CCl)n2C1CCCC(C)C1C. The number of rotatable bonds is 3. The minimum Gasteiger partial charge on any atom is -0.497 e. The van der Waals surface area contributed by atoms with Crippen LogP contribution in [0.3, 0.4) is 0 Å². The second-order valence-corrected chi connectivity index (χ2v) is 6.49. The van der Waals surface area contributed by atoms with Gasteiger partial charge in [-0.15, -0.1) is 11.6 Å². The molecule has 4 heteroatoms. The number of aromatic nitrogens is 2. The summed E-state index contributed by atoms with van der Waals surface area (Å²) >= 11 is 6.17. The van der Waals surface area contributed by atoms with E-state index in [1.165, 1.54) is 24.8 Å². The van der Waals surface area contributed by atoms with Crippen LogP contribution < -0.4 is 4.74 Å². The van der Waals surface area contributed by atoms with Gasteiger partial charge in [-0.2, -0.15) is 0 Å². The quantitative estimate of drug-likeness (QED) is 0.763. The first kappa shape index (κ1) is 14.7. The number of benzene rings is 1. The fraction of sp³-hybridized carbons (Fsp3) is 0.588. The largest absolute Gasteiger partial charge is 0.497 e. The maximum atomic E-state index is 6.17. The molecule has 3 rings (SSSR count). The summed E-state index contributed by atoms with van der Waals surface area (Å²) < 4.78 is 7.68. The Kier molecular flexibility index (Phi) is 4.12. The van der Waals surface area contributed by atoms with Crippen LogP contribution in [0.25, 0.3) is 11.0 Å². The monoisotopic (exact) mass is 306 g/mol. The highest BCUT2D eigenvalue weighted by atomic mass is 35.5. The molecule has 1 aromatic heterocycles. The Morgan fingerprint density at radius 3 is 2.86 bits per heavy atom. The minimum absolute atomic E-state index is 0.453. The van der Waals surface area contributed by atoms with E-state index in [9.17, 15) is 0 Å². The Morgan fingerprint density at radius 2 is 2.14 bits per heavy atom. The molecule has 0 bridgehead atoms. The van der Waals surface area contributed by atoms with Crippen LogP contribution in [0.15, 0.2) is 18.2 Å². The Morgan fingerprint density at radius 1 is 1.33 bits per heavy atom. The van der Waals surface area contributed by atoms with Gasteiger partial charge in [-0.1, -0.05) is 26.7 Å². The molecule has 2 aromatic rings. The molecule has 0 amide bonds. The number of fused-ring (bicyclic) bond motifs is 1. The summed E-state index contributed by atoms with van der Waals surface area (Å²) in [5, 5.41) is 0. The fourth-order valence-corrected chi connectivity index (χ4v) is 3.83. The molecule has 1 saturated carbocycles. The molecule has 3 unspecified atom stereocenters. The number of alkyl halides is 1. The van der Waals surface area contributed by atoms with Crippen molar-refractivity contribution >= 4 is 22.6 Å². The van der Waals surface area contributed by atoms with E-state index in [2.05, 4.69) is 24.5 Å². The van der Waals surface area contributed by atoms with E-state index in [0.717, 1.165) is 23.0 Å². The molecule has 0 spiro atoms. The summed E-state index contributed by atoms with van der Waals surface area (Å²) in [5.74, 6) is 3.68. The predicted octanol–water partition coefficient (Wildman–Crippen LogP) is 4.78. The molecule has 3 nitrogen and oxygen atoms in total. The van der Waals surface area contributed by atoms with Crippen LogP contribution in [0.1, 0.15) is 45.0 Å². The van der Waals surface area contributed by atoms with Crippen LogP contribution in [0.4, 0.5) is 0 Å². The Labute approximate surface area is 131 Å². The number of hydrogen-bond acceptors (Lipinski definition) is 2. The van der Waals surface area contributed by atoms with Gasteiger partial charge in [0.15, 0.2) is 0 Å². The van der Waals surface area contributed by atoms with Gasteiger partial charge in [-0.3, -0.25) is 0 Å². The van der Waals surface area contributed by atoms with Gasteiger partial charge in [0.1, 0.15) is 11.6 Å². The highest BCUT2D eigenvalue weighted by Gasteiger charge is 2.30. The van der Waals surface area contributed by atoms with Crippen molar-refractivity contribution in [3.05, 3.63) is 24.0 Å². The van der Waals surface area contributed by atoms with E-state index in [0.29, 0.717) is 17.8 Å². The van der Waals surface area contributed by atoms with E-state index in [-0.39, 0.29) is 0 Å². The second kappa shape index (κ2) is 5.88. The normalized spacial score (nSPS) is 26.2. The number of imidazole rings is 1. The first-order chi connectivity index (χ1) is 10.2. The van der Waals surface area contributed by atoms with Gasteiger partial charge in [0.05, 0.1) is 24.0 Å². The molecule has 1 fully saturated rings. The van der Waals surface area contributed by atoms with E-state index in [4.69, 9.17) is 21.3 Å². The maximum absolute atomic E-state index is 6.17. The van der Waals surface area contributed by atoms with Crippen molar-refractivity contribution in [3.8, 4) is 5.75 Å². The van der Waals surface area contributed by atoms with Crippen LogP contribution in [0.5, 0.6) is 5.75 Å². The zero-order valence-corrected chi connectivity index (χ0v) is 13.7. The third-order valence-corrected chi connectivity index (χ3v) is 5.32. The summed E-state index contributed by atoms with van der Waals surface area (Å²) in [6.07, 6.45) is 3.83. The zero-order valence-electron chi connectivity index (χ0n) is 13.0. The smallest absolute Gasteiger partial charge is 0.125 e. The van der Waals surface area contributed by atoms with E-state index < -0.39 is 0 Å². The van der Waals surface area contributed by atoms with Crippen molar-refractivity contribution in [1.29, 1.82) is 0 Å². The summed E-state index contributed by atoms with van der Waals surface area (Å²) in [5.41, 5.74) is 2.16. The summed E-state index contributed by atoms with van der Waals surface area (Å²) in [6.45, 7) is 4.72. The molecule has 1 aromatic carbocycles. The molecule has 3 atom stereocenters. The molecule has 0 radical (unpaired) electrons. The standard InChI is InChI=1S/C17H23ClN2O/c1-11-5-4-6-15(12(11)2)20-16-8-7-13(21-3)9-14(16)19-17(20)10-18/h7-9,11-12,15H,4-6,10H2,1-3H3. The molecule has 0 N–H and O–H groups in total. The number of hydrogen-bond donors (Lipinski definition) is 0. The van der Waals surface area contributed by atoms with Gasteiger partial charge >= 0.3 is 0 Å². The maximum Gasteiger partial charge on any atom is 0.125 e. The molecular formula is C17H23ClN2O. The average molecular weight is 307 g/mol. The lowest BCUT2D eigenvalue weighted by Crippen LogP contribution is -2.27. The van der Waals surface area contributed by atoms with Crippen LogP contribution in [-0.2, 0) is 5.88 Å². The van der Waals surface area contributed by atoms with Crippen molar-refractivity contribution < 1.29 is 4.74 Å². The number of methoxy groups -OCH3 is 1. The van der Waals surface area contributed by atoms with Gasteiger partial charge in [0.2, 0.25) is 0 Å². The Bertz CT molecular complexity index is 637. The lowest BCUT2D eigenvalue weighted by molar-refractivity contribution is 0.187. The van der Waals surface area contributed by atoms with E-state index >= 15 is 0 Å². The first-order valence-corrected chi connectivity index (χ1v) is 8.30. The predicted molar refractivity (Wildman–Crippen MR) is 87.1 cm³/mol. The van der Waals surface area contributed by atoms with Crippen LogP contribution in [0.2, 0.25) is 0 Å². The van der Waals surface area contributed by atoms with Crippen molar-refractivity contribution in [2.45, 2.75) is 45.0 Å². The van der Waals surface area contributed by atoms with Crippen molar-refractivity contribution in [3.63, 3.8) is 0 Å². The number of ether oxygens (including phenoxy) is 1. The average Bonchev–Trinajstić information content (AvgIpc) is 2.87. The van der Waals surface area contributed by atoms with Crippen LogP contribution in [0, 0.1) is 11.8 Å². The molecule has 114 valence electrons. The van der Waals surface area contributed by atoms with Gasteiger partial charge < -0.3 is 9.30 Å². The Hall–Kier alpha value is -1.22. The molecule has 0 aliphatic heterocycles. The molecule has 0 saturated heterocycles. The molecule has 21 heavy (non-hydrogen) atoms. The van der Waals surface area contributed by atoms with E-state index in [1.807, 2.05) is 12.1 Å². The van der Waals surface area contributed by atoms with Crippen LogP contribution in [-0.4, -0.2) is 16.7 Å². The number of nitrogens with zero attached hydrogens (tertiary/aromatic N) is 2. The fourth-order valence-electron chi connectivity index (χ4n) is 3.64. The minimum atomic E-state index is 0.453. The summed E-state index contributed by atoms with van der Waals surface area (Å²) in [7, 11) is 1.69. The van der Waals surface area contributed by atoms with Gasteiger partial charge in [-0.25, -0.2) is 4.98 Å². The topological polar surface area (TPSA) is 27.1 Å². The lowest BCUT2D eigenvalue weighted by Gasteiger charge is -2.36. The third-order valence-electron chi connectivity index (χ3n) is 5.08. The highest BCUT2D eigenvalue weighted by Crippen LogP contribution is 2.40. The van der Waals surface area contributed by atoms with Crippen LogP contribution >= 0.6 is 11.6 Å².